The molecular weight excluding hydrogens is 473 g/mol. The van der Waals surface area contributed by atoms with E-state index >= 15 is 0 Å². The molecule has 0 aliphatic carbocycles. The van der Waals surface area contributed by atoms with Gasteiger partial charge in [-0.25, -0.2) is 4.39 Å². The number of halogens is 1. The van der Waals surface area contributed by atoms with Crippen LogP contribution >= 0.6 is 0 Å². The predicted molar refractivity (Wildman–Crippen MR) is 147 cm³/mol. The lowest BCUT2D eigenvalue weighted by Crippen LogP contribution is -2.51. The number of allylic oxidation sites excluding steroid dienone is 6. The van der Waals surface area contributed by atoms with Crippen molar-refractivity contribution in [2.24, 2.45) is 16.8 Å². The second-order valence-electron chi connectivity index (χ2n) is 8.16. The molecule has 2 aliphatic rings. The highest BCUT2D eigenvalue weighted by molar-refractivity contribution is 5.76. The summed E-state index contributed by atoms with van der Waals surface area (Å²) >= 11 is 0. The zero-order valence-electron chi connectivity index (χ0n) is 22.4. The maximum atomic E-state index is 13.9. The van der Waals surface area contributed by atoms with Gasteiger partial charge < -0.3 is 20.9 Å². The lowest BCUT2D eigenvalue weighted by atomic mass is 9.96. The number of hydrazone groups is 1. The van der Waals surface area contributed by atoms with Crippen LogP contribution < -0.4 is 17.1 Å². The zero-order chi connectivity index (χ0) is 28.1. The summed E-state index contributed by atoms with van der Waals surface area (Å²) in [5, 5.41) is 12.1. The van der Waals surface area contributed by atoms with Gasteiger partial charge in [-0.1, -0.05) is 18.2 Å². The Labute approximate surface area is 221 Å². The fraction of sp³-hybridized carbons (Fsp3) is 0.519. The van der Waals surface area contributed by atoms with Crippen LogP contribution in [0.3, 0.4) is 0 Å². The summed E-state index contributed by atoms with van der Waals surface area (Å²) in [6.07, 6.45) is 13.9. The molecule has 0 radical (unpaired) electrons. The van der Waals surface area contributed by atoms with Crippen molar-refractivity contribution in [3.63, 3.8) is 0 Å². The number of rotatable bonds is 8. The molecule has 10 heteroatoms. The topological polar surface area (TPSA) is 133 Å². The largest absolute Gasteiger partial charge is 0.376 e. The smallest absolute Gasteiger partial charge is 0.222 e. The van der Waals surface area contributed by atoms with E-state index in [4.69, 9.17) is 10.6 Å². The Morgan fingerprint density at radius 2 is 1.97 bits per heavy atom. The molecule has 0 bridgehead atoms. The fourth-order valence-corrected chi connectivity index (χ4v) is 3.85. The molecule has 0 saturated carbocycles. The quantitative estimate of drug-likeness (QED) is 0.113. The van der Waals surface area contributed by atoms with Gasteiger partial charge in [0, 0.05) is 51.6 Å². The third-order valence-electron chi connectivity index (χ3n) is 5.68. The van der Waals surface area contributed by atoms with Crippen molar-refractivity contribution >= 4 is 12.6 Å². The van der Waals surface area contributed by atoms with E-state index in [9.17, 15) is 14.4 Å². The van der Waals surface area contributed by atoms with Crippen LogP contribution in [-0.4, -0.2) is 67.9 Å². The van der Waals surface area contributed by atoms with Gasteiger partial charge in [0.1, 0.15) is 11.9 Å². The first-order chi connectivity index (χ1) is 17.8. The number of hydrogen-bond donors (Lipinski definition) is 3. The normalized spacial score (nSPS) is 19.9. The number of carbonyl (C=O) groups is 1. The van der Waals surface area contributed by atoms with Gasteiger partial charge in [0.25, 0.3) is 0 Å². The number of nitrogens with one attached hydrogen (secondary N) is 1. The average molecular weight is 516 g/mol. The van der Waals surface area contributed by atoms with Gasteiger partial charge in [-0.15, -0.1) is 12.3 Å². The number of amides is 1. The van der Waals surface area contributed by atoms with Gasteiger partial charge in [0.2, 0.25) is 5.91 Å². The van der Waals surface area contributed by atoms with E-state index < -0.39 is 5.83 Å². The lowest BCUT2D eigenvalue weighted by molar-refractivity contribution is -0.133. The monoisotopic (exact) mass is 515 g/mol. The van der Waals surface area contributed by atoms with E-state index in [0.717, 1.165) is 30.9 Å². The van der Waals surface area contributed by atoms with Crippen LogP contribution in [0.15, 0.2) is 52.1 Å². The highest BCUT2D eigenvalue weighted by Crippen LogP contribution is 2.27. The molecule has 9 nitrogen and oxygen atoms in total. The Morgan fingerprint density at radius 3 is 2.49 bits per heavy atom. The third-order valence-corrected chi connectivity index (χ3v) is 5.68. The first-order valence-corrected chi connectivity index (χ1v) is 12.2. The standard InChI is InChI=1S/C23H34FN5O2.C3H4.CH4N2/c1-3-19(27-26)7-5-6-8-23(30)29-12-10-28(11-13-29)17-20-15-18(9-14-31-20)21(16-25)22(24)4-2;2*1-3-2/h3-5,7,20,27H,6,8-15,17,26H2,1-2H3;1H,2H3;1-2H2/b7-5-,19-3+,21-18-,22-4+;;. The van der Waals surface area contributed by atoms with Crippen LogP contribution in [0.5, 0.6) is 0 Å². The van der Waals surface area contributed by atoms with Crippen molar-refractivity contribution in [3.05, 3.63) is 47.0 Å². The first kappa shape index (κ1) is 33.6. The van der Waals surface area contributed by atoms with Gasteiger partial charge in [-0.05, 0) is 51.7 Å². The molecule has 2 rings (SSSR count). The number of piperazine rings is 1. The fourth-order valence-electron chi connectivity index (χ4n) is 3.85. The Bertz CT molecular complexity index is 905. The minimum absolute atomic E-state index is 0.0545. The highest BCUT2D eigenvalue weighted by atomic mass is 19.1. The summed E-state index contributed by atoms with van der Waals surface area (Å²) in [7, 11) is 0. The van der Waals surface area contributed by atoms with Crippen LogP contribution in [0.1, 0.15) is 46.5 Å². The Balaban J connectivity index is 0.00000196. The lowest BCUT2D eigenvalue weighted by Gasteiger charge is -2.37. The minimum atomic E-state index is -0.457. The van der Waals surface area contributed by atoms with Crippen LogP contribution in [0.25, 0.3) is 0 Å². The van der Waals surface area contributed by atoms with Gasteiger partial charge in [-0.3, -0.25) is 15.5 Å². The van der Waals surface area contributed by atoms with Crippen LogP contribution in [0.4, 0.5) is 4.39 Å². The maximum Gasteiger partial charge on any atom is 0.222 e. The van der Waals surface area contributed by atoms with E-state index in [-0.39, 0.29) is 17.6 Å². The summed E-state index contributed by atoms with van der Waals surface area (Å²) in [6.45, 7) is 12.2. The highest BCUT2D eigenvalue weighted by Gasteiger charge is 2.26. The molecule has 1 atom stereocenters. The number of hydrogen-bond acceptors (Lipinski definition) is 8. The van der Waals surface area contributed by atoms with E-state index in [1.807, 2.05) is 36.1 Å². The molecule has 0 aromatic rings. The van der Waals surface area contributed by atoms with E-state index in [2.05, 4.69) is 40.3 Å². The summed E-state index contributed by atoms with van der Waals surface area (Å²) in [6, 6.07) is 2.00. The average Bonchev–Trinajstić information content (AvgIpc) is 2.90. The zero-order valence-corrected chi connectivity index (χ0v) is 22.4. The van der Waals surface area contributed by atoms with Gasteiger partial charge >= 0.3 is 0 Å². The SMILES string of the molecule is C#CC.C/C=C(\C=C/CCC(=O)N1CCN(CC2C/C(=C(C#N)\C(F)=C/C)CCO2)CC1)NN.C=NN. The van der Waals surface area contributed by atoms with Crippen LogP contribution in [0.2, 0.25) is 0 Å². The van der Waals surface area contributed by atoms with Crippen molar-refractivity contribution < 1.29 is 13.9 Å². The second kappa shape index (κ2) is 20.7. The Morgan fingerprint density at radius 1 is 1.35 bits per heavy atom. The third kappa shape index (κ3) is 13.4. The number of carbonyl (C=O) groups excluding carboxylic acids is 1. The summed E-state index contributed by atoms with van der Waals surface area (Å²) < 4.78 is 19.8. The molecule has 204 valence electrons. The summed E-state index contributed by atoms with van der Waals surface area (Å²) in [5.74, 6) is 11.7. The molecule has 2 fully saturated rings. The minimum Gasteiger partial charge on any atom is -0.376 e. The summed E-state index contributed by atoms with van der Waals surface area (Å²) in [5.41, 5.74) is 4.40. The second-order valence-corrected chi connectivity index (χ2v) is 8.16. The molecular formula is C27H42FN7O2. The van der Waals surface area contributed by atoms with Crippen molar-refractivity contribution in [1.29, 1.82) is 5.26 Å². The number of nitrogens with zero attached hydrogens (tertiary/aromatic N) is 4. The Kier molecular flexibility index (Phi) is 18.8. The number of hydrazine groups is 1. The van der Waals surface area contributed by atoms with Crippen molar-refractivity contribution in [1.82, 2.24) is 15.2 Å². The van der Waals surface area contributed by atoms with E-state index in [1.54, 1.807) is 13.8 Å². The molecule has 0 aromatic carbocycles. The number of terminal acetylenes is 1. The van der Waals surface area contributed by atoms with Crippen molar-refractivity contribution in [2.75, 3.05) is 39.3 Å². The van der Waals surface area contributed by atoms with Gasteiger partial charge in [-0.2, -0.15) is 10.4 Å². The van der Waals surface area contributed by atoms with Gasteiger partial charge in [0.15, 0.2) is 0 Å². The molecule has 37 heavy (non-hydrogen) atoms. The number of ether oxygens (including phenoxy) is 1. The molecule has 2 saturated heterocycles. The molecule has 1 unspecified atom stereocenters. The molecule has 2 aliphatic heterocycles. The molecule has 2 heterocycles. The number of nitrogens with two attached hydrogens (primary N) is 2. The Hall–Kier alpha value is -3.44. The molecule has 5 N–H and O–H groups in total. The maximum absolute atomic E-state index is 13.9. The predicted octanol–water partition coefficient (Wildman–Crippen LogP) is 2.91. The van der Waals surface area contributed by atoms with Crippen molar-refractivity contribution in [2.45, 2.75) is 52.6 Å². The molecule has 0 spiro atoms. The molecule has 1 amide bonds. The van der Waals surface area contributed by atoms with E-state index in [1.165, 1.54) is 6.08 Å². The van der Waals surface area contributed by atoms with Gasteiger partial charge in [0.05, 0.1) is 18.3 Å². The van der Waals surface area contributed by atoms with Crippen LogP contribution in [0, 0.1) is 23.7 Å². The number of nitriles is 1. The molecule has 0 aromatic heterocycles. The van der Waals surface area contributed by atoms with Crippen molar-refractivity contribution in [3.8, 4) is 18.4 Å². The summed E-state index contributed by atoms with van der Waals surface area (Å²) in [4.78, 5) is 16.6. The van der Waals surface area contributed by atoms with Crippen LogP contribution in [-0.2, 0) is 9.53 Å². The van der Waals surface area contributed by atoms with E-state index in [0.29, 0.717) is 45.4 Å². The first-order valence-electron chi connectivity index (χ1n) is 12.2.